The molecule has 0 saturated carbocycles. The highest BCUT2D eigenvalue weighted by molar-refractivity contribution is 5.68. The van der Waals surface area contributed by atoms with Gasteiger partial charge in [-0.25, -0.2) is 0 Å². The van der Waals surface area contributed by atoms with E-state index in [0.717, 1.165) is 16.7 Å². The highest BCUT2D eigenvalue weighted by Crippen LogP contribution is 2.27. The molecule has 2 aromatic rings. The Morgan fingerprint density at radius 2 is 2.29 bits per heavy atom. The lowest BCUT2D eigenvalue weighted by atomic mass is 10.0. The van der Waals surface area contributed by atoms with E-state index in [1.54, 1.807) is 16.8 Å². The van der Waals surface area contributed by atoms with Crippen molar-refractivity contribution < 1.29 is 0 Å². The molecule has 0 radical (unpaired) electrons. The molecule has 0 saturated heterocycles. The second kappa shape index (κ2) is 4.88. The number of aryl methyl sites for hydroxylation is 1. The van der Waals surface area contributed by atoms with Gasteiger partial charge in [-0.2, -0.15) is 5.10 Å². The fraction of sp³-hybridized carbons (Fsp3) is 0.250. The number of nitrogens with zero attached hydrogens (tertiary/aromatic N) is 3. The SMILES string of the molecule is CNCc1cc(N=O)ccc1-c1cnn(C)c1. The monoisotopic (exact) mass is 230 g/mol. The zero-order valence-corrected chi connectivity index (χ0v) is 9.84. The minimum Gasteiger partial charge on any atom is -0.316 e. The third-order valence-corrected chi connectivity index (χ3v) is 2.58. The lowest BCUT2D eigenvalue weighted by Gasteiger charge is -2.07. The van der Waals surface area contributed by atoms with Gasteiger partial charge in [-0.15, -0.1) is 4.91 Å². The minimum absolute atomic E-state index is 0.447. The van der Waals surface area contributed by atoms with Crippen LogP contribution in [-0.2, 0) is 13.6 Å². The largest absolute Gasteiger partial charge is 0.316 e. The summed E-state index contributed by atoms with van der Waals surface area (Å²) in [6.07, 6.45) is 3.75. The number of nitroso groups, excluding NO2 is 1. The van der Waals surface area contributed by atoms with E-state index in [1.807, 2.05) is 32.6 Å². The summed E-state index contributed by atoms with van der Waals surface area (Å²) in [5, 5.41) is 10.2. The molecule has 0 unspecified atom stereocenters. The van der Waals surface area contributed by atoms with Gasteiger partial charge in [-0.3, -0.25) is 4.68 Å². The Bertz CT molecular complexity index is 533. The Morgan fingerprint density at radius 1 is 1.47 bits per heavy atom. The lowest BCUT2D eigenvalue weighted by molar-refractivity contribution is 0.768. The van der Waals surface area contributed by atoms with E-state index in [2.05, 4.69) is 15.6 Å². The molecule has 5 heteroatoms. The van der Waals surface area contributed by atoms with Crippen molar-refractivity contribution in [3.63, 3.8) is 0 Å². The summed E-state index contributed by atoms with van der Waals surface area (Å²) in [5.74, 6) is 0. The van der Waals surface area contributed by atoms with Crippen molar-refractivity contribution in [2.24, 2.45) is 12.2 Å². The van der Waals surface area contributed by atoms with Crippen molar-refractivity contribution in [2.45, 2.75) is 6.54 Å². The molecule has 0 aliphatic rings. The van der Waals surface area contributed by atoms with E-state index in [9.17, 15) is 4.91 Å². The quantitative estimate of drug-likeness (QED) is 0.819. The molecule has 17 heavy (non-hydrogen) atoms. The van der Waals surface area contributed by atoms with Gasteiger partial charge in [0.25, 0.3) is 0 Å². The van der Waals surface area contributed by atoms with Crippen molar-refractivity contribution in [3.05, 3.63) is 41.1 Å². The van der Waals surface area contributed by atoms with Crippen LogP contribution >= 0.6 is 0 Å². The molecule has 1 N–H and O–H groups in total. The van der Waals surface area contributed by atoms with Gasteiger partial charge in [-0.05, 0) is 35.5 Å². The van der Waals surface area contributed by atoms with E-state index < -0.39 is 0 Å². The summed E-state index contributed by atoms with van der Waals surface area (Å²) >= 11 is 0. The molecule has 88 valence electrons. The molecule has 0 atom stereocenters. The molecule has 0 aliphatic heterocycles. The van der Waals surface area contributed by atoms with Crippen LogP contribution in [0.25, 0.3) is 11.1 Å². The summed E-state index contributed by atoms with van der Waals surface area (Å²) in [5.41, 5.74) is 3.59. The standard InChI is InChI=1S/C12H14N4O/c1-13-6-9-5-11(15-17)3-4-12(9)10-7-14-16(2)8-10/h3-5,7-8,13H,6H2,1-2H3. The van der Waals surface area contributed by atoms with Crippen LogP contribution in [0.1, 0.15) is 5.56 Å². The van der Waals surface area contributed by atoms with Gasteiger partial charge in [0.1, 0.15) is 5.69 Å². The van der Waals surface area contributed by atoms with Gasteiger partial charge in [0, 0.05) is 25.4 Å². The molecule has 1 heterocycles. The Balaban J connectivity index is 2.48. The number of aromatic nitrogens is 2. The highest BCUT2D eigenvalue weighted by Gasteiger charge is 2.07. The topological polar surface area (TPSA) is 59.3 Å². The van der Waals surface area contributed by atoms with Crippen LogP contribution in [0.4, 0.5) is 5.69 Å². The molecule has 1 aromatic heterocycles. The maximum absolute atomic E-state index is 10.5. The summed E-state index contributed by atoms with van der Waals surface area (Å²) in [6, 6.07) is 5.42. The summed E-state index contributed by atoms with van der Waals surface area (Å²) in [6.45, 7) is 0.688. The smallest absolute Gasteiger partial charge is 0.108 e. The first kappa shape index (κ1) is 11.5. The Kier molecular flexibility index (Phi) is 3.30. The average molecular weight is 230 g/mol. The number of rotatable bonds is 4. The number of benzene rings is 1. The zero-order valence-electron chi connectivity index (χ0n) is 9.84. The second-order valence-electron chi connectivity index (χ2n) is 3.87. The molecule has 1 aromatic carbocycles. The normalized spacial score (nSPS) is 10.5. The van der Waals surface area contributed by atoms with E-state index >= 15 is 0 Å². The van der Waals surface area contributed by atoms with Crippen molar-refractivity contribution in [1.29, 1.82) is 0 Å². The van der Waals surface area contributed by atoms with Gasteiger partial charge < -0.3 is 5.32 Å². The van der Waals surface area contributed by atoms with Gasteiger partial charge in [0.2, 0.25) is 0 Å². The van der Waals surface area contributed by atoms with Crippen molar-refractivity contribution in [2.75, 3.05) is 7.05 Å². The molecular weight excluding hydrogens is 216 g/mol. The first-order chi connectivity index (χ1) is 8.24. The minimum atomic E-state index is 0.447. The van der Waals surface area contributed by atoms with Crippen LogP contribution in [0.3, 0.4) is 0 Å². The third-order valence-electron chi connectivity index (χ3n) is 2.58. The third kappa shape index (κ3) is 2.39. The number of hydrogen-bond acceptors (Lipinski definition) is 4. The molecule has 0 amide bonds. The van der Waals surface area contributed by atoms with Crippen LogP contribution in [0.2, 0.25) is 0 Å². The first-order valence-corrected chi connectivity index (χ1v) is 5.34. The second-order valence-corrected chi connectivity index (χ2v) is 3.87. The van der Waals surface area contributed by atoms with Gasteiger partial charge in [0.15, 0.2) is 0 Å². The summed E-state index contributed by atoms with van der Waals surface area (Å²) in [7, 11) is 3.75. The molecule has 0 fully saturated rings. The van der Waals surface area contributed by atoms with E-state index in [4.69, 9.17) is 0 Å². The molecular formula is C12H14N4O. The van der Waals surface area contributed by atoms with Crippen LogP contribution in [0, 0.1) is 4.91 Å². The van der Waals surface area contributed by atoms with Crippen molar-refractivity contribution in [1.82, 2.24) is 15.1 Å². The fourth-order valence-electron chi connectivity index (χ4n) is 1.82. The molecule has 0 spiro atoms. The number of nitrogens with one attached hydrogen (secondary N) is 1. The van der Waals surface area contributed by atoms with E-state index in [1.165, 1.54) is 0 Å². The zero-order chi connectivity index (χ0) is 12.3. The van der Waals surface area contributed by atoms with Crippen LogP contribution in [-0.4, -0.2) is 16.8 Å². The maximum Gasteiger partial charge on any atom is 0.108 e. The highest BCUT2D eigenvalue weighted by atomic mass is 16.3. The Morgan fingerprint density at radius 3 is 2.88 bits per heavy atom. The van der Waals surface area contributed by atoms with Crippen LogP contribution < -0.4 is 5.32 Å². The summed E-state index contributed by atoms with van der Waals surface area (Å²) < 4.78 is 1.75. The van der Waals surface area contributed by atoms with Gasteiger partial charge >= 0.3 is 0 Å². The molecule has 0 aliphatic carbocycles. The lowest BCUT2D eigenvalue weighted by Crippen LogP contribution is -2.06. The summed E-state index contributed by atoms with van der Waals surface area (Å²) in [4.78, 5) is 10.5. The van der Waals surface area contributed by atoms with E-state index in [0.29, 0.717) is 12.2 Å². The van der Waals surface area contributed by atoms with Gasteiger partial charge in [-0.1, -0.05) is 6.07 Å². The molecule has 2 rings (SSSR count). The number of hydrogen-bond donors (Lipinski definition) is 1. The predicted molar refractivity (Wildman–Crippen MR) is 66.9 cm³/mol. The molecule has 0 bridgehead atoms. The maximum atomic E-state index is 10.5. The molecule has 5 nitrogen and oxygen atoms in total. The Labute approximate surface area is 99.4 Å². The van der Waals surface area contributed by atoms with Gasteiger partial charge in [0.05, 0.1) is 6.20 Å². The van der Waals surface area contributed by atoms with E-state index in [-0.39, 0.29) is 0 Å². The first-order valence-electron chi connectivity index (χ1n) is 5.34. The van der Waals surface area contributed by atoms with Crippen molar-refractivity contribution in [3.8, 4) is 11.1 Å². The van der Waals surface area contributed by atoms with Crippen LogP contribution in [0.5, 0.6) is 0 Å². The fourth-order valence-corrected chi connectivity index (χ4v) is 1.82. The predicted octanol–water partition coefficient (Wildman–Crippen LogP) is 2.20. The Hall–Kier alpha value is -2.01. The van der Waals surface area contributed by atoms with Crippen LogP contribution in [0.15, 0.2) is 35.8 Å². The van der Waals surface area contributed by atoms with Crippen molar-refractivity contribution >= 4 is 5.69 Å². The average Bonchev–Trinajstić information content (AvgIpc) is 2.76.